The summed E-state index contributed by atoms with van der Waals surface area (Å²) in [5.74, 6) is -0.000652. The highest BCUT2D eigenvalue weighted by Gasteiger charge is 2.34. The molecule has 3 aromatic rings. The van der Waals surface area contributed by atoms with Crippen LogP contribution in [0.5, 0.6) is 0 Å². The van der Waals surface area contributed by atoms with Crippen molar-refractivity contribution in [3.8, 4) is 6.07 Å². The average Bonchev–Trinajstić information content (AvgIpc) is 2.99. The minimum Gasteiger partial charge on any atom is -0.383 e. The third-order valence-electron chi connectivity index (χ3n) is 4.58. The molecule has 1 atom stereocenters. The fourth-order valence-electron chi connectivity index (χ4n) is 3.33. The third kappa shape index (κ3) is 2.13. The van der Waals surface area contributed by atoms with Crippen LogP contribution >= 0.6 is 11.8 Å². The summed E-state index contributed by atoms with van der Waals surface area (Å²) in [7, 11) is 0. The van der Waals surface area contributed by atoms with Crippen LogP contribution in [0.3, 0.4) is 0 Å². The quantitative estimate of drug-likeness (QED) is 0.705. The van der Waals surface area contributed by atoms with E-state index in [2.05, 4.69) is 6.07 Å². The smallest absolute Gasteiger partial charge is 0.279 e. The van der Waals surface area contributed by atoms with Crippen molar-refractivity contribution in [3.05, 3.63) is 80.4 Å². The molecule has 0 radical (unpaired) electrons. The number of nitrogens with two attached hydrogens (primary N) is 1. The second-order valence-electron chi connectivity index (χ2n) is 5.90. The fraction of sp³-hybridized carbons (Fsp3) is 0.105. The van der Waals surface area contributed by atoms with Gasteiger partial charge in [-0.3, -0.25) is 9.59 Å². The van der Waals surface area contributed by atoms with Gasteiger partial charge in [0.1, 0.15) is 23.5 Å². The lowest BCUT2D eigenvalue weighted by atomic mass is 10.0. The molecule has 2 aromatic carbocycles. The van der Waals surface area contributed by atoms with Crippen LogP contribution in [-0.4, -0.2) is 15.6 Å². The molecule has 1 unspecified atom stereocenters. The molecule has 0 saturated heterocycles. The number of aromatic nitrogens is 2. The zero-order valence-electron chi connectivity index (χ0n) is 13.8. The molecular formula is C19H14N4O2S. The number of nitriles is 1. The topological polar surface area (TPSA) is 93.8 Å². The normalized spacial score (nSPS) is 15.9. The van der Waals surface area contributed by atoms with E-state index < -0.39 is 11.6 Å². The first-order valence-corrected chi connectivity index (χ1v) is 9.11. The molecule has 0 fully saturated rings. The van der Waals surface area contributed by atoms with E-state index in [9.17, 15) is 14.9 Å². The molecule has 4 rings (SSSR count). The predicted molar refractivity (Wildman–Crippen MR) is 102 cm³/mol. The molecule has 2 N–H and O–H groups in total. The highest BCUT2D eigenvalue weighted by Crippen LogP contribution is 2.33. The molecule has 1 aliphatic rings. The van der Waals surface area contributed by atoms with Crippen molar-refractivity contribution in [1.29, 1.82) is 5.26 Å². The number of hydrogen-bond acceptors (Lipinski definition) is 5. The summed E-state index contributed by atoms with van der Waals surface area (Å²) >= 11 is 1.59. The van der Waals surface area contributed by atoms with Gasteiger partial charge in [-0.05, 0) is 36.1 Å². The van der Waals surface area contributed by atoms with E-state index in [0.29, 0.717) is 5.39 Å². The van der Waals surface area contributed by atoms with Crippen LogP contribution in [-0.2, 0) is 0 Å². The monoisotopic (exact) mass is 362 g/mol. The highest BCUT2D eigenvalue weighted by atomic mass is 32.2. The molecule has 0 spiro atoms. The molecule has 26 heavy (non-hydrogen) atoms. The van der Waals surface area contributed by atoms with Gasteiger partial charge in [-0.1, -0.05) is 24.3 Å². The Hall–Kier alpha value is -3.24. The van der Waals surface area contributed by atoms with Crippen LogP contribution in [0.15, 0.2) is 68.6 Å². The van der Waals surface area contributed by atoms with Crippen LogP contribution < -0.4 is 16.9 Å². The van der Waals surface area contributed by atoms with Crippen molar-refractivity contribution < 1.29 is 0 Å². The van der Waals surface area contributed by atoms with Gasteiger partial charge in [0.25, 0.3) is 11.1 Å². The maximum atomic E-state index is 13.1. The first-order chi connectivity index (χ1) is 12.6. The zero-order chi connectivity index (χ0) is 18.4. The van der Waals surface area contributed by atoms with Crippen molar-refractivity contribution in [1.82, 2.24) is 9.36 Å². The lowest BCUT2D eigenvalue weighted by molar-refractivity contribution is 0.539. The van der Waals surface area contributed by atoms with Crippen LogP contribution in [0.25, 0.3) is 16.6 Å². The molecule has 1 aliphatic heterocycles. The number of nitrogens with zero attached hydrogens (tertiary/aromatic N) is 3. The first kappa shape index (κ1) is 16.2. The van der Waals surface area contributed by atoms with E-state index in [4.69, 9.17) is 5.73 Å². The Morgan fingerprint density at radius 2 is 1.65 bits per heavy atom. The summed E-state index contributed by atoms with van der Waals surface area (Å²) in [6.07, 6.45) is 1.97. The van der Waals surface area contributed by atoms with E-state index >= 15 is 0 Å². The maximum absolute atomic E-state index is 13.1. The van der Waals surface area contributed by atoms with Crippen molar-refractivity contribution in [2.24, 2.45) is 5.73 Å². The molecule has 7 heteroatoms. The Morgan fingerprint density at radius 3 is 2.23 bits per heavy atom. The van der Waals surface area contributed by atoms with Crippen molar-refractivity contribution >= 4 is 28.4 Å². The minimum absolute atomic E-state index is 0.000652. The van der Waals surface area contributed by atoms with Crippen LogP contribution in [0.1, 0.15) is 11.6 Å². The van der Waals surface area contributed by atoms with Gasteiger partial charge in [0.2, 0.25) is 0 Å². The van der Waals surface area contributed by atoms with Gasteiger partial charge in [0.05, 0.1) is 10.8 Å². The molecule has 0 amide bonds. The lowest BCUT2D eigenvalue weighted by Crippen LogP contribution is -2.38. The Balaban J connectivity index is 2.09. The van der Waals surface area contributed by atoms with Gasteiger partial charge in [-0.25, -0.2) is 4.68 Å². The van der Waals surface area contributed by atoms with Gasteiger partial charge >= 0.3 is 0 Å². The number of hydrogen-bond donors (Lipinski definition) is 1. The van der Waals surface area contributed by atoms with Crippen molar-refractivity contribution in [3.63, 3.8) is 0 Å². The number of benzene rings is 2. The number of rotatable bonds is 2. The van der Waals surface area contributed by atoms with Crippen LogP contribution in [0.2, 0.25) is 0 Å². The summed E-state index contributed by atoms with van der Waals surface area (Å²) in [6, 6.07) is 15.5. The first-order valence-electron chi connectivity index (χ1n) is 7.89. The molecule has 0 saturated carbocycles. The summed E-state index contributed by atoms with van der Waals surface area (Å²) in [5, 5.41) is 10.2. The second-order valence-corrected chi connectivity index (χ2v) is 6.78. The molecule has 1 aromatic heterocycles. The average molecular weight is 362 g/mol. The highest BCUT2D eigenvalue weighted by molar-refractivity contribution is 7.98. The molecule has 0 aliphatic carbocycles. The van der Waals surface area contributed by atoms with Gasteiger partial charge in [0, 0.05) is 4.90 Å². The Kier molecular flexibility index (Phi) is 3.71. The Morgan fingerprint density at radius 1 is 1.04 bits per heavy atom. The summed E-state index contributed by atoms with van der Waals surface area (Å²) in [6.45, 7) is 0. The van der Waals surface area contributed by atoms with Gasteiger partial charge in [0.15, 0.2) is 0 Å². The molecule has 2 heterocycles. The number of allylic oxidation sites excluding steroid dienone is 1. The van der Waals surface area contributed by atoms with Crippen molar-refractivity contribution in [2.75, 3.05) is 6.26 Å². The van der Waals surface area contributed by atoms with Gasteiger partial charge in [-0.2, -0.15) is 9.94 Å². The van der Waals surface area contributed by atoms with E-state index in [0.717, 1.165) is 15.1 Å². The number of thioether (sulfide) groups is 1. The largest absolute Gasteiger partial charge is 0.383 e. The second kappa shape index (κ2) is 5.93. The molecule has 128 valence electrons. The maximum Gasteiger partial charge on any atom is 0.279 e. The Labute approximate surface area is 152 Å². The molecule has 6 nitrogen and oxygen atoms in total. The zero-order valence-corrected chi connectivity index (χ0v) is 14.7. The van der Waals surface area contributed by atoms with Gasteiger partial charge < -0.3 is 5.73 Å². The van der Waals surface area contributed by atoms with Crippen molar-refractivity contribution in [2.45, 2.75) is 10.9 Å². The summed E-state index contributed by atoms with van der Waals surface area (Å²) < 4.78 is 2.41. The standard InChI is InChI=1S/C19H14N4O2S/c1-26-12-8-6-11(7-9-12)16-15(10-20)17(21)23-19(25)14-5-3-2-4-13(14)18(24)22(16)23/h2-9,16H,21H2,1H3. The van der Waals surface area contributed by atoms with E-state index in [1.807, 2.05) is 30.5 Å². The summed E-state index contributed by atoms with van der Waals surface area (Å²) in [5.41, 5.74) is 6.26. The predicted octanol–water partition coefficient (Wildman–Crippen LogP) is 2.14. The summed E-state index contributed by atoms with van der Waals surface area (Å²) in [4.78, 5) is 27.1. The van der Waals surface area contributed by atoms with Crippen LogP contribution in [0.4, 0.5) is 0 Å². The van der Waals surface area contributed by atoms with Gasteiger partial charge in [-0.15, -0.1) is 11.8 Å². The van der Waals surface area contributed by atoms with E-state index in [-0.39, 0.29) is 22.3 Å². The fourth-order valence-corrected chi connectivity index (χ4v) is 3.74. The SMILES string of the molecule is CSc1ccc(C2C(C#N)=C(N)n3c(=O)c4ccccc4c(=O)n32)cc1. The minimum atomic E-state index is -0.722. The lowest BCUT2D eigenvalue weighted by Gasteiger charge is -2.17. The Bertz CT molecular complexity index is 1230. The van der Waals surface area contributed by atoms with E-state index in [1.54, 1.807) is 36.0 Å². The third-order valence-corrected chi connectivity index (χ3v) is 5.32. The molecular weight excluding hydrogens is 348 g/mol. The van der Waals surface area contributed by atoms with Crippen LogP contribution in [0, 0.1) is 11.3 Å². The molecule has 0 bridgehead atoms. The number of fused-ring (bicyclic) bond motifs is 2. The van der Waals surface area contributed by atoms with E-state index in [1.165, 1.54) is 4.68 Å².